The molecule has 4 heteroatoms. The van der Waals surface area contributed by atoms with Gasteiger partial charge in [0.1, 0.15) is 0 Å². The standard InChI is InChI=1S/C21H46NO3/c1-7-8-9-10-11-12-13-14-15-16-19-22(2,3)20-17-18-21(23-4,24-5)25-6/h7-20H2,1-6H3/q+1. The summed E-state index contributed by atoms with van der Waals surface area (Å²) in [5.41, 5.74) is 0. The largest absolute Gasteiger partial charge is 0.331 e. The van der Waals surface area contributed by atoms with Gasteiger partial charge in [-0.2, -0.15) is 0 Å². The summed E-state index contributed by atoms with van der Waals surface area (Å²) < 4.78 is 17.2. The topological polar surface area (TPSA) is 27.7 Å². The molecule has 25 heavy (non-hydrogen) atoms. The molecule has 0 aliphatic rings. The molecule has 0 fully saturated rings. The molecule has 0 bridgehead atoms. The summed E-state index contributed by atoms with van der Waals surface area (Å²) in [5.74, 6) is -0.878. The maximum Gasteiger partial charge on any atom is 0.282 e. The first kappa shape index (κ1) is 24.8. The first-order valence-electron chi connectivity index (χ1n) is 10.4. The van der Waals surface area contributed by atoms with Crippen LogP contribution in [0.25, 0.3) is 0 Å². The molecular formula is C21H46NO3+. The Morgan fingerprint density at radius 1 is 0.600 bits per heavy atom. The van der Waals surface area contributed by atoms with Crippen molar-refractivity contribution in [2.24, 2.45) is 0 Å². The van der Waals surface area contributed by atoms with Crippen LogP contribution in [0.4, 0.5) is 0 Å². The average Bonchev–Trinajstić information content (AvgIpc) is 2.60. The molecule has 0 unspecified atom stereocenters. The molecule has 0 rings (SSSR count). The van der Waals surface area contributed by atoms with E-state index in [1.807, 2.05) is 0 Å². The van der Waals surface area contributed by atoms with Gasteiger partial charge in [0, 0.05) is 34.2 Å². The van der Waals surface area contributed by atoms with Gasteiger partial charge in [0.05, 0.1) is 27.2 Å². The van der Waals surface area contributed by atoms with Gasteiger partial charge >= 0.3 is 0 Å². The SMILES string of the molecule is CCCCCCCCCCCC[N+](C)(C)CCCC(OC)(OC)OC. The number of ether oxygens (including phenoxy) is 3. The van der Waals surface area contributed by atoms with Crippen molar-refractivity contribution >= 4 is 0 Å². The zero-order chi connectivity index (χ0) is 19.0. The van der Waals surface area contributed by atoms with E-state index in [4.69, 9.17) is 14.2 Å². The molecule has 0 saturated carbocycles. The molecule has 0 aliphatic carbocycles. The highest BCUT2D eigenvalue weighted by Crippen LogP contribution is 2.20. The molecule has 0 atom stereocenters. The highest BCUT2D eigenvalue weighted by molar-refractivity contribution is 4.56. The summed E-state index contributed by atoms with van der Waals surface area (Å²) >= 11 is 0. The van der Waals surface area contributed by atoms with Crippen LogP contribution in [0.2, 0.25) is 0 Å². The van der Waals surface area contributed by atoms with E-state index in [2.05, 4.69) is 21.0 Å². The minimum Gasteiger partial charge on any atom is -0.331 e. The molecule has 0 radical (unpaired) electrons. The Kier molecular flexibility index (Phi) is 14.9. The lowest BCUT2D eigenvalue weighted by atomic mass is 10.1. The summed E-state index contributed by atoms with van der Waals surface area (Å²) in [6, 6.07) is 0. The van der Waals surface area contributed by atoms with Crippen LogP contribution in [0, 0.1) is 0 Å². The van der Waals surface area contributed by atoms with E-state index >= 15 is 0 Å². The number of hydrogen-bond donors (Lipinski definition) is 0. The molecule has 0 aromatic heterocycles. The maximum absolute atomic E-state index is 5.37. The van der Waals surface area contributed by atoms with Crippen molar-refractivity contribution in [3.8, 4) is 0 Å². The second kappa shape index (κ2) is 15.0. The maximum atomic E-state index is 5.37. The van der Waals surface area contributed by atoms with Crippen LogP contribution >= 0.6 is 0 Å². The summed E-state index contributed by atoms with van der Waals surface area (Å²) in [7, 11) is 9.55. The van der Waals surface area contributed by atoms with Crippen molar-refractivity contribution in [2.75, 3.05) is 48.5 Å². The first-order chi connectivity index (χ1) is 11.9. The summed E-state index contributed by atoms with van der Waals surface area (Å²) in [4.78, 5) is 0. The van der Waals surface area contributed by atoms with Crippen LogP contribution in [0.3, 0.4) is 0 Å². The van der Waals surface area contributed by atoms with Gasteiger partial charge in [-0.1, -0.05) is 58.3 Å². The van der Waals surface area contributed by atoms with Gasteiger partial charge in [-0.05, 0) is 12.8 Å². The van der Waals surface area contributed by atoms with Gasteiger partial charge in [0.25, 0.3) is 5.97 Å². The summed E-state index contributed by atoms with van der Waals surface area (Å²) in [6.07, 6.45) is 15.8. The van der Waals surface area contributed by atoms with Crippen LogP contribution < -0.4 is 0 Å². The predicted molar refractivity (Wildman–Crippen MR) is 107 cm³/mol. The second-order valence-electron chi connectivity index (χ2n) is 7.96. The normalized spacial score (nSPS) is 12.7. The van der Waals surface area contributed by atoms with Crippen LogP contribution in [0.5, 0.6) is 0 Å². The minimum atomic E-state index is -0.878. The van der Waals surface area contributed by atoms with Crippen molar-refractivity contribution in [3.05, 3.63) is 0 Å². The Balaban J connectivity index is 3.67. The fourth-order valence-electron chi connectivity index (χ4n) is 3.42. The molecular weight excluding hydrogens is 314 g/mol. The third-order valence-corrected chi connectivity index (χ3v) is 5.30. The Morgan fingerprint density at radius 3 is 1.44 bits per heavy atom. The van der Waals surface area contributed by atoms with Crippen molar-refractivity contribution in [1.82, 2.24) is 0 Å². The van der Waals surface area contributed by atoms with E-state index in [1.54, 1.807) is 21.3 Å². The summed E-state index contributed by atoms with van der Waals surface area (Å²) in [6.45, 7) is 4.65. The lowest BCUT2D eigenvalue weighted by Crippen LogP contribution is -2.43. The molecule has 152 valence electrons. The summed E-state index contributed by atoms with van der Waals surface area (Å²) in [5, 5.41) is 0. The van der Waals surface area contributed by atoms with E-state index in [-0.39, 0.29) is 0 Å². The van der Waals surface area contributed by atoms with Crippen LogP contribution in [-0.2, 0) is 14.2 Å². The quantitative estimate of drug-likeness (QED) is 0.187. The van der Waals surface area contributed by atoms with E-state index in [0.29, 0.717) is 0 Å². The second-order valence-corrected chi connectivity index (χ2v) is 7.96. The molecule has 0 aliphatic heterocycles. The van der Waals surface area contributed by atoms with Crippen LogP contribution in [0.15, 0.2) is 0 Å². The van der Waals surface area contributed by atoms with Crippen molar-refractivity contribution in [3.63, 3.8) is 0 Å². The number of rotatable bonds is 18. The first-order valence-corrected chi connectivity index (χ1v) is 10.4. The molecule has 0 amide bonds. The molecule has 0 aromatic carbocycles. The fourth-order valence-corrected chi connectivity index (χ4v) is 3.42. The van der Waals surface area contributed by atoms with Crippen LogP contribution in [0.1, 0.15) is 84.0 Å². The van der Waals surface area contributed by atoms with Gasteiger partial charge < -0.3 is 18.7 Å². The highest BCUT2D eigenvalue weighted by Gasteiger charge is 2.30. The molecule has 0 N–H and O–H groups in total. The zero-order valence-electron chi connectivity index (χ0n) is 18.1. The highest BCUT2D eigenvalue weighted by atomic mass is 16.9. The Morgan fingerprint density at radius 2 is 1.00 bits per heavy atom. The fraction of sp³-hybridized carbons (Fsp3) is 1.00. The molecule has 4 nitrogen and oxygen atoms in total. The van der Waals surface area contributed by atoms with Crippen molar-refractivity contribution in [1.29, 1.82) is 0 Å². The van der Waals surface area contributed by atoms with E-state index in [1.165, 1.54) is 70.8 Å². The van der Waals surface area contributed by atoms with Gasteiger partial charge in [0.15, 0.2) is 0 Å². The number of methoxy groups -OCH3 is 3. The van der Waals surface area contributed by atoms with E-state index < -0.39 is 5.97 Å². The Labute approximate surface area is 157 Å². The minimum absolute atomic E-state index is 0.760. The van der Waals surface area contributed by atoms with Crippen molar-refractivity contribution in [2.45, 2.75) is 89.9 Å². The number of nitrogens with zero attached hydrogens (tertiary/aromatic N) is 1. The molecule has 0 heterocycles. The van der Waals surface area contributed by atoms with E-state index in [9.17, 15) is 0 Å². The van der Waals surface area contributed by atoms with Crippen molar-refractivity contribution < 1.29 is 18.7 Å². The average molecular weight is 361 g/mol. The number of hydrogen-bond acceptors (Lipinski definition) is 3. The number of unbranched alkanes of at least 4 members (excludes halogenated alkanes) is 9. The van der Waals surface area contributed by atoms with Crippen LogP contribution in [-0.4, -0.2) is 59.0 Å². The lowest BCUT2D eigenvalue weighted by molar-refractivity contribution is -0.891. The molecule has 0 spiro atoms. The molecule has 0 saturated heterocycles. The Bertz CT molecular complexity index is 283. The number of quaternary nitrogens is 1. The van der Waals surface area contributed by atoms with Gasteiger partial charge in [-0.3, -0.25) is 0 Å². The smallest absolute Gasteiger partial charge is 0.282 e. The molecule has 0 aromatic rings. The zero-order valence-corrected chi connectivity index (χ0v) is 18.1. The Hall–Kier alpha value is -0.160. The van der Waals surface area contributed by atoms with E-state index in [0.717, 1.165) is 23.9 Å². The van der Waals surface area contributed by atoms with Gasteiger partial charge in [0.2, 0.25) is 0 Å². The third kappa shape index (κ3) is 12.8. The third-order valence-electron chi connectivity index (χ3n) is 5.30. The van der Waals surface area contributed by atoms with Gasteiger partial charge in [-0.25, -0.2) is 0 Å². The lowest BCUT2D eigenvalue weighted by Gasteiger charge is -2.33. The van der Waals surface area contributed by atoms with Gasteiger partial charge in [-0.15, -0.1) is 0 Å². The monoisotopic (exact) mass is 360 g/mol. The predicted octanol–water partition coefficient (Wildman–Crippen LogP) is 5.36.